The zero-order chi connectivity index (χ0) is 31.7. The van der Waals surface area contributed by atoms with Crippen LogP contribution in [0.2, 0.25) is 0 Å². The molecule has 0 bridgehead atoms. The zero-order valence-corrected chi connectivity index (χ0v) is 26.1. The summed E-state index contributed by atoms with van der Waals surface area (Å²) in [6, 6.07) is 17.8. The van der Waals surface area contributed by atoms with Gasteiger partial charge in [0.05, 0.1) is 34.3 Å². The fourth-order valence-electron chi connectivity index (χ4n) is 5.88. The van der Waals surface area contributed by atoms with Gasteiger partial charge in [-0.25, -0.2) is 9.37 Å². The highest BCUT2D eigenvalue weighted by Crippen LogP contribution is 2.42. The van der Waals surface area contributed by atoms with Gasteiger partial charge in [0.15, 0.2) is 0 Å². The van der Waals surface area contributed by atoms with Gasteiger partial charge in [0, 0.05) is 35.6 Å². The van der Waals surface area contributed by atoms with Gasteiger partial charge in [-0.2, -0.15) is 0 Å². The molecule has 2 amide bonds. The minimum Gasteiger partial charge on any atom is -0.497 e. The van der Waals surface area contributed by atoms with Gasteiger partial charge in [0.1, 0.15) is 17.4 Å². The minimum atomic E-state index is -0.621. The first-order chi connectivity index (χ1) is 21.7. The molecule has 3 aromatic heterocycles. The molecule has 2 aromatic carbocycles. The van der Waals surface area contributed by atoms with E-state index in [0.717, 1.165) is 31.8 Å². The number of anilines is 1. The van der Waals surface area contributed by atoms with E-state index < -0.39 is 5.91 Å². The van der Waals surface area contributed by atoms with E-state index in [0.29, 0.717) is 54.1 Å². The number of nitrogens with one attached hydrogen (secondary N) is 2. The lowest BCUT2D eigenvalue weighted by atomic mass is 9.87. The number of nitrogens with zero attached hydrogens (tertiary/aromatic N) is 2. The van der Waals surface area contributed by atoms with Crippen molar-refractivity contribution in [1.29, 1.82) is 0 Å². The number of carbonyl (C=O) groups is 2. The Morgan fingerprint density at radius 3 is 2.67 bits per heavy atom. The number of halogens is 1. The minimum absolute atomic E-state index is 0.202. The fourth-order valence-corrected chi connectivity index (χ4v) is 7.06. The topological polar surface area (TPSA) is 119 Å². The highest BCUT2D eigenvalue weighted by atomic mass is 32.1. The Labute approximate surface area is 264 Å². The Balaban J connectivity index is 1.43. The number of ether oxygens (including phenoxy) is 1. The molecule has 230 valence electrons. The van der Waals surface area contributed by atoms with E-state index in [1.807, 2.05) is 36.4 Å². The van der Waals surface area contributed by atoms with Crippen molar-refractivity contribution in [2.75, 3.05) is 12.4 Å². The molecule has 45 heavy (non-hydrogen) atoms. The Morgan fingerprint density at radius 1 is 1.13 bits per heavy atom. The van der Waals surface area contributed by atoms with Crippen molar-refractivity contribution in [3.8, 4) is 16.2 Å². The monoisotopic (exact) mass is 623 g/mol. The molecule has 4 heterocycles. The van der Waals surface area contributed by atoms with Crippen molar-refractivity contribution < 1.29 is 18.7 Å². The van der Waals surface area contributed by atoms with Gasteiger partial charge >= 0.3 is 0 Å². The van der Waals surface area contributed by atoms with Gasteiger partial charge in [0.25, 0.3) is 11.8 Å². The largest absolute Gasteiger partial charge is 0.497 e. The second-order valence-electron chi connectivity index (χ2n) is 11.7. The second kappa shape index (κ2) is 12.6. The van der Waals surface area contributed by atoms with Gasteiger partial charge in [-0.05, 0) is 71.7 Å². The smallest absolute Gasteiger partial charge is 0.254 e. The highest BCUT2D eigenvalue weighted by Gasteiger charge is 2.34. The van der Waals surface area contributed by atoms with E-state index in [1.165, 1.54) is 23.5 Å². The molecular weight excluding hydrogens is 589 g/mol. The van der Waals surface area contributed by atoms with Gasteiger partial charge in [-0.1, -0.05) is 38.1 Å². The number of hydrogen-bond donors (Lipinski definition) is 3. The molecule has 0 spiro atoms. The van der Waals surface area contributed by atoms with E-state index in [-0.39, 0.29) is 29.2 Å². The maximum atomic E-state index is 13.8. The first-order valence-electron chi connectivity index (χ1n) is 14.9. The maximum Gasteiger partial charge on any atom is 0.254 e. The predicted octanol–water partition coefficient (Wildman–Crippen LogP) is 6.31. The van der Waals surface area contributed by atoms with Crippen LogP contribution in [-0.2, 0) is 25.8 Å². The molecule has 0 radical (unpaired) electrons. The van der Waals surface area contributed by atoms with Crippen LogP contribution in [0.5, 0.6) is 5.75 Å². The number of benzene rings is 2. The molecule has 4 N–H and O–H groups in total. The number of primary amides is 1. The van der Waals surface area contributed by atoms with Gasteiger partial charge in [-0.15, -0.1) is 11.3 Å². The molecule has 5 aromatic rings. The number of carbonyl (C=O) groups excluding carboxylic acids is 2. The third-order valence-corrected chi connectivity index (χ3v) is 9.04. The number of nitrogens with two attached hydrogens (primary N) is 1. The summed E-state index contributed by atoms with van der Waals surface area (Å²) >= 11 is 1.46. The summed E-state index contributed by atoms with van der Waals surface area (Å²) in [5, 5.41) is 7.47. The maximum absolute atomic E-state index is 13.8. The van der Waals surface area contributed by atoms with Crippen molar-refractivity contribution in [2.24, 2.45) is 11.7 Å². The van der Waals surface area contributed by atoms with Crippen molar-refractivity contribution in [3.05, 3.63) is 106 Å². The molecule has 0 saturated heterocycles. The van der Waals surface area contributed by atoms with E-state index in [4.69, 9.17) is 15.5 Å². The van der Waals surface area contributed by atoms with E-state index in [9.17, 15) is 14.0 Å². The van der Waals surface area contributed by atoms with Crippen LogP contribution in [0.25, 0.3) is 20.5 Å². The van der Waals surface area contributed by atoms with E-state index >= 15 is 0 Å². The van der Waals surface area contributed by atoms with Crippen molar-refractivity contribution in [1.82, 2.24) is 15.3 Å². The summed E-state index contributed by atoms with van der Waals surface area (Å²) < 4.78 is 19.8. The van der Waals surface area contributed by atoms with Crippen LogP contribution in [0.15, 0.2) is 66.9 Å². The summed E-state index contributed by atoms with van der Waals surface area (Å²) in [7, 11) is 1.64. The van der Waals surface area contributed by atoms with Crippen LogP contribution >= 0.6 is 11.3 Å². The Morgan fingerprint density at radius 2 is 1.93 bits per heavy atom. The number of pyridine rings is 2. The zero-order valence-electron chi connectivity index (χ0n) is 25.3. The van der Waals surface area contributed by atoms with Crippen LogP contribution < -0.4 is 21.1 Å². The molecule has 1 atom stereocenters. The number of thiophene rings is 1. The fraction of sp³-hybridized carbons (Fsp3) is 0.257. The van der Waals surface area contributed by atoms with Crippen LogP contribution in [0.3, 0.4) is 0 Å². The molecule has 0 aliphatic carbocycles. The lowest BCUT2D eigenvalue weighted by Crippen LogP contribution is -2.44. The molecule has 0 saturated carbocycles. The van der Waals surface area contributed by atoms with Gasteiger partial charge in [0.2, 0.25) is 0 Å². The summed E-state index contributed by atoms with van der Waals surface area (Å²) in [5.74, 6) is 0.433. The van der Waals surface area contributed by atoms with Gasteiger partial charge in [-0.3, -0.25) is 14.6 Å². The van der Waals surface area contributed by atoms with Crippen LogP contribution in [0.4, 0.5) is 10.2 Å². The number of amides is 2. The third-order valence-electron chi connectivity index (χ3n) is 7.87. The summed E-state index contributed by atoms with van der Waals surface area (Å²) in [6.07, 6.45) is 3.26. The van der Waals surface area contributed by atoms with Crippen molar-refractivity contribution in [3.63, 3.8) is 0 Å². The normalized spacial score (nSPS) is 14.3. The molecule has 0 unspecified atom stereocenters. The summed E-state index contributed by atoms with van der Waals surface area (Å²) in [4.78, 5) is 37.2. The third kappa shape index (κ3) is 6.37. The Kier molecular flexibility index (Phi) is 8.49. The Hall–Kier alpha value is -4.83. The molecule has 10 heteroatoms. The predicted molar refractivity (Wildman–Crippen MR) is 175 cm³/mol. The molecule has 1 aliphatic heterocycles. The quantitative estimate of drug-likeness (QED) is 0.168. The molecular formula is C35H34FN5O3S. The van der Waals surface area contributed by atoms with Gasteiger partial charge < -0.3 is 21.1 Å². The van der Waals surface area contributed by atoms with Crippen LogP contribution in [-0.4, -0.2) is 34.9 Å². The molecule has 8 nitrogen and oxygen atoms in total. The second-order valence-corrected chi connectivity index (χ2v) is 12.7. The summed E-state index contributed by atoms with van der Waals surface area (Å²) in [5.41, 5.74) is 10.4. The van der Waals surface area contributed by atoms with E-state index in [1.54, 1.807) is 25.4 Å². The SMILES string of the molecule is COc1cccc(CNc2nccc3cc(-c4c(C(N)=O)c(CC(C)C)nc5c4C(=O)N[C@@H](Cc4ccc(F)cc4)C5)sc23)c1. The number of aromatic nitrogens is 2. The first kappa shape index (κ1) is 30.2. The standard InChI is InChI=1S/C35H34FN5O3S/c1-19(2)13-26-29(33(37)42)31(30-27(41-26)17-24(40-35(30)43)14-20-7-9-23(36)10-8-20)28-16-22-11-12-38-34(32(22)45-28)39-18-21-5-4-6-25(15-21)44-3/h4-12,15-16,19,24H,13-14,17-18H2,1-3H3,(H2,37,42)(H,38,39)(H,40,43)/t24-/m0/s1. The number of rotatable bonds is 10. The number of fused-ring (bicyclic) bond motifs is 2. The average molecular weight is 624 g/mol. The number of hydrogen-bond acceptors (Lipinski definition) is 7. The molecule has 0 fully saturated rings. The lowest BCUT2D eigenvalue weighted by molar-refractivity contribution is 0.0924. The lowest BCUT2D eigenvalue weighted by Gasteiger charge is -2.28. The number of methoxy groups -OCH3 is 1. The van der Waals surface area contributed by atoms with Crippen molar-refractivity contribution in [2.45, 2.75) is 45.7 Å². The Bertz CT molecular complexity index is 1900. The van der Waals surface area contributed by atoms with Crippen LogP contribution in [0.1, 0.15) is 57.1 Å². The molecule has 6 rings (SSSR count). The van der Waals surface area contributed by atoms with Crippen molar-refractivity contribution >= 4 is 39.1 Å². The summed E-state index contributed by atoms with van der Waals surface area (Å²) in [6.45, 7) is 4.64. The van der Waals surface area contributed by atoms with E-state index in [2.05, 4.69) is 29.5 Å². The van der Waals surface area contributed by atoms with Crippen LogP contribution in [0, 0.1) is 11.7 Å². The molecule has 1 aliphatic rings. The first-order valence-corrected chi connectivity index (χ1v) is 15.7. The average Bonchev–Trinajstić information content (AvgIpc) is 3.45. The highest BCUT2D eigenvalue weighted by molar-refractivity contribution is 7.22.